The van der Waals surface area contributed by atoms with Crippen LogP contribution < -0.4 is 10.6 Å². The van der Waals surface area contributed by atoms with Crippen molar-refractivity contribution in [1.29, 1.82) is 0 Å². The lowest BCUT2D eigenvalue weighted by Crippen LogP contribution is -2.43. The van der Waals surface area contributed by atoms with E-state index in [1.807, 2.05) is 26.0 Å². The predicted octanol–water partition coefficient (Wildman–Crippen LogP) is 3.00. The third-order valence-corrected chi connectivity index (χ3v) is 4.03. The molecule has 0 radical (unpaired) electrons. The molecule has 1 unspecified atom stereocenters. The Hall–Kier alpha value is -0.690. The molecule has 3 nitrogen and oxygen atoms in total. The smallest absolute Gasteiger partial charge is 0.257 e. The second-order valence-corrected chi connectivity index (χ2v) is 5.77. The van der Waals surface area contributed by atoms with Crippen LogP contribution in [0.15, 0.2) is 18.2 Å². The molecule has 0 aromatic heterocycles. The van der Waals surface area contributed by atoms with E-state index in [1.54, 1.807) is 6.07 Å². The van der Waals surface area contributed by atoms with Gasteiger partial charge in [-0.2, -0.15) is 0 Å². The summed E-state index contributed by atoms with van der Waals surface area (Å²) in [5.41, 5.74) is 1.78. The van der Waals surface area contributed by atoms with Crippen molar-refractivity contribution in [3.8, 4) is 0 Å². The molecule has 0 fully saturated rings. The van der Waals surface area contributed by atoms with Gasteiger partial charge in [0.25, 0.3) is 5.91 Å². The highest BCUT2D eigenvalue weighted by Crippen LogP contribution is 2.13. The summed E-state index contributed by atoms with van der Waals surface area (Å²) in [7, 11) is 0. The summed E-state index contributed by atoms with van der Waals surface area (Å²) in [5, 5.41) is 6.12. The molecule has 18 heavy (non-hydrogen) atoms. The molecule has 0 aliphatic heterocycles. The van der Waals surface area contributed by atoms with Crippen LogP contribution in [-0.4, -0.2) is 17.1 Å². The van der Waals surface area contributed by atoms with Gasteiger partial charge in [-0.05, 0) is 72.8 Å². The van der Waals surface area contributed by atoms with Crippen molar-refractivity contribution in [1.82, 2.24) is 10.6 Å². The number of benzene rings is 1. The largest absolute Gasteiger partial charge is 0.360 e. The Balaban J connectivity index is 2.65. The van der Waals surface area contributed by atoms with Gasteiger partial charge in [0.1, 0.15) is 0 Å². The van der Waals surface area contributed by atoms with E-state index in [-0.39, 0.29) is 11.9 Å². The molecule has 1 aromatic carbocycles. The maximum Gasteiger partial charge on any atom is 0.257 e. The minimum Gasteiger partial charge on any atom is -0.360 e. The molecule has 1 aromatic rings. The summed E-state index contributed by atoms with van der Waals surface area (Å²) >= 11 is 7.30. The van der Waals surface area contributed by atoms with Crippen molar-refractivity contribution >= 4 is 45.8 Å². The number of thiocarbonyl (C=S) groups is 1. The molecule has 1 atom stereocenters. The van der Waals surface area contributed by atoms with Crippen LogP contribution in [0, 0.1) is 10.5 Å². The number of aryl methyl sites for hydroxylation is 1. The number of carbonyl (C=O) groups excluding carboxylic acids is 1. The Morgan fingerprint density at radius 1 is 1.50 bits per heavy atom. The number of carbonyl (C=O) groups is 1. The molecule has 2 N–H and O–H groups in total. The summed E-state index contributed by atoms with van der Waals surface area (Å²) in [5.74, 6) is -0.172. The van der Waals surface area contributed by atoms with Gasteiger partial charge in [-0.1, -0.05) is 13.0 Å². The first-order valence-corrected chi connectivity index (χ1v) is 7.30. The molecule has 0 saturated carbocycles. The fourth-order valence-electron chi connectivity index (χ4n) is 1.27. The number of hydrogen-bond donors (Lipinski definition) is 2. The average molecular weight is 376 g/mol. The topological polar surface area (TPSA) is 41.1 Å². The van der Waals surface area contributed by atoms with E-state index in [0.717, 1.165) is 15.6 Å². The summed E-state index contributed by atoms with van der Waals surface area (Å²) in [6.45, 7) is 6.09. The molecule has 1 amide bonds. The van der Waals surface area contributed by atoms with Crippen LogP contribution in [0.1, 0.15) is 36.2 Å². The van der Waals surface area contributed by atoms with Gasteiger partial charge in [-0.3, -0.25) is 10.1 Å². The van der Waals surface area contributed by atoms with E-state index in [2.05, 4.69) is 40.1 Å². The standard InChI is InChI=1S/C13H17IN2OS/c1-4-9(3)15-13(18)16-12(17)10-6-5-8(2)11(14)7-10/h5-7,9H,4H2,1-3H3,(H2,15,16,17,18). The van der Waals surface area contributed by atoms with E-state index < -0.39 is 0 Å². The van der Waals surface area contributed by atoms with E-state index >= 15 is 0 Å². The molecular weight excluding hydrogens is 359 g/mol. The molecule has 0 spiro atoms. The van der Waals surface area contributed by atoms with Crippen molar-refractivity contribution in [3.05, 3.63) is 32.9 Å². The van der Waals surface area contributed by atoms with Gasteiger partial charge in [0.05, 0.1) is 0 Å². The highest BCUT2D eigenvalue weighted by Gasteiger charge is 2.10. The van der Waals surface area contributed by atoms with Crippen molar-refractivity contribution in [2.24, 2.45) is 0 Å². The molecular formula is C13H17IN2OS. The Morgan fingerprint density at radius 3 is 2.72 bits per heavy atom. The number of halogens is 1. The summed E-state index contributed by atoms with van der Waals surface area (Å²) in [6, 6.07) is 5.85. The Bertz CT molecular complexity index is 462. The normalized spacial score (nSPS) is 11.8. The van der Waals surface area contributed by atoms with Crippen LogP contribution in [0.25, 0.3) is 0 Å². The SMILES string of the molecule is CCC(C)NC(=S)NC(=O)c1ccc(C)c(I)c1. The third-order valence-electron chi connectivity index (χ3n) is 2.65. The lowest BCUT2D eigenvalue weighted by molar-refractivity contribution is 0.0976. The summed E-state index contributed by atoms with van der Waals surface area (Å²) in [6.07, 6.45) is 0.957. The number of hydrogen-bond acceptors (Lipinski definition) is 2. The number of nitrogens with one attached hydrogen (secondary N) is 2. The molecule has 0 saturated heterocycles. The van der Waals surface area contributed by atoms with Gasteiger partial charge in [0.15, 0.2) is 5.11 Å². The van der Waals surface area contributed by atoms with E-state index in [9.17, 15) is 4.79 Å². The Labute approximate surface area is 127 Å². The molecule has 5 heteroatoms. The highest BCUT2D eigenvalue weighted by atomic mass is 127. The quantitative estimate of drug-likeness (QED) is 0.630. The highest BCUT2D eigenvalue weighted by molar-refractivity contribution is 14.1. The minimum atomic E-state index is -0.172. The van der Waals surface area contributed by atoms with E-state index in [1.165, 1.54) is 0 Å². The monoisotopic (exact) mass is 376 g/mol. The third kappa shape index (κ3) is 4.53. The van der Waals surface area contributed by atoms with Crippen LogP contribution in [0.5, 0.6) is 0 Å². The molecule has 98 valence electrons. The second-order valence-electron chi connectivity index (χ2n) is 4.20. The van der Waals surface area contributed by atoms with Crippen molar-refractivity contribution < 1.29 is 4.79 Å². The summed E-state index contributed by atoms with van der Waals surface area (Å²) < 4.78 is 1.07. The predicted molar refractivity (Wildman–Crippen MR) is 86.8 cm³/mol. The fraction of sp³-hybridized carbons (Fsp3) is 0.385. The first-order valence-electron chi connectivity index (χ1n) is 5.82. The zero-order chi connectivity index (χ0) is 13.7. The zero-order valence-electron chi connectivity index (χ0n) is 10.7. The van der Waals surface area contributed by atoms with Gasteiger partial charge in [0.2, 0.25) is 0 Å². The van der Waals surface area contributed by atoms with Gasteiger partial charge >= 0.3 is 0 Å². The van der Waals surface area contributed by atoms with Gasteiger partial charge in [-0.25, -0.2) is 0 Å². The number of amides is 1. The first kappa shape index (κ1) is 15.4. The maximum atomic E-state index is 11.9. The van der Waals surface area contributed by atoms with Crippen LogP contribution in [0.2, 0.25) is 0 Å². The number of rotatable bonds is 3. The van der Waals surface area contributed by atoms with E-state index in [0.29, 0.717) is 10.7 Å². The second kappa shape index (κ2) is 7.04. The molecule has 0 aliphatic carbocycles. The molecule has 0 bridgehead atoms. The summed E-state index contributed by atoms with van der Waals surface area (Å²) in [4.78, 5) is 11.9. The minimum absolute atomic E-state index is 0.172. The molecule has 1 rings (SSSR count). The van der Waals surface area contributed by atoms with Crippen LogP contribution in [-0.2, 0) is 0 Å². The maximum absolute atomic E-state index is 11.9. The average Bonchev–Trinajstić information content (AvgIpc) is 2.32. The van der Waals surface area contributed by atoms with Crippen molar-refractivity contribution in [3.63, 3.8) is 0 Å². The fourth-order valence-corrected chi connectivity index (χ4v) is 2.08. The zero-order valence-corrected chi connectivity index (χ0v) is 13.7. The van der Waals surface area contributed by atoms with Crippen molar-refractivity contribution in [2.45, 2.75) is 33.2 Å². The lowest BCUT2D eigenvalue weighted by atomic mass is 10.1. The van der Waals surface area contributed by atoms with E-state index in [4.69, 9.17) is 12.2 Å². The van der Waals surface area contributed by atoms with Crippen LogP contribution in [0.4, 0.5) is 0 Å². The van der Waals surface area contributed by atoms with Gasteiger partial charge < -0.3 is 5.32 Å². The van der Waals surface area contributed by atoms with Crippen molar-refractivity contribution in [2.75, 3.05) is 0 Å². The van der Waals surface area contributed by atoms with Crippen LogP contribution >= 0.6 is 34.8 Å². The Morgan fingerprint density at radius 2 is 2.17 bits per heavy atom. The molecule has 0 aliphatic rings. The first-order chi connectivity index (χ1) is 8.43. The van der Waals surface area contributed by atoms with Gasteiger partial charge in [-0.15, -0.1) is 0 Å². The van der Waals surface area contributed by atoms with Gasteiger partial charge in [0, 0.05) is 15.2 Å². The molecule has 0 heterocycles. The van der Waals surface area contributed by atoms with Crippen LogP contribution in [0.3, 0.4) is 0 Å². The Kier molecular flexibility index (Phi) is 6.01. The lowest BCUT2D eigenvalue weighted by Gasteiger charge is -2.14.